The molecule has 1 aromatic carbocycles. The number of amides is 1. The van der Waals surface area contributed by atoms with Gasteiger partial charge in [0.1, 0.15) is 0 Å². The van der Waals surface area contributed by atoms with Crippen LogP contribution in [0.25, 0.3) is 0 Å². The first-order valence-corrected chi connectivity index (χ1v) is 7.84. The molecule has 23 heavy (non-hydrogen) atoms. The van der Waals surface area contributed by atoms with Gasteiger partial charge < -0.3 is 15.4 Å². The van der Waals surface area contributed by atoms with Gasteiger partial charge in [0.25, 0.3) is 5.91 Å². The predicted octanol–water partition coefficient (Wildman–Crippen LogP) is 2.78. The van der Waals surface area contributed by atoms with Crippen molar-refractivity contribution in [3.63, 3.8) is 0 Å². The summed E-state index contributed by atoms with van der Waals surface area (Å²) in [5, 5.41) is 14.5. The van der Waals surface area contributed by atoms with Crippen molar-refractivity contribution < 1.29 is 9.53 Å². The van der Waals surface area contributed by atoms with Crippen molar-refractivity contribution in [1.82, 2.24) is 15.5 Å². The van der Waals surface area contributed by atoms with Gasteiger partial charge in [-0.1, -0.05) is 11.6 Å². The molecule has 2 heterocycles. The third-order valence-electron chi connectivity index (χ3n) is 3.53. The number of hydrogen-bond donors (Lipinski definition) is 2. The van der Waals surface area contributed by atoms with E-state index in [9.17, 15) is 4.79 Å². The van der Waals surface area contributed by atoms with Gasteiger partial charge in [-0.25, -0.2) is 0 Å². The summed E-state index contributed by atoms with van der Waals surface area (Å²) >= 11 is 5.84. The normalized spacial score (nSPS) is 17.0. The fraction of sp³-hybridized carbons (Fsp3) is 0.312. The van der Waals surface area contributed by atoms with Crippen LogP contribution in [0.5, 0.6) is 0 Å². The lowest BCUT2D eigenvalue weighted by Crippen LogP contribution is -2.32. The molecule has 0 saturated carbocycles. The number of halogens is 1. The molecule has 1 aliphatic rings. The van der Waals surface area contributed by atoms with Crippen LogP contribution in [0.2, 0.25) is 5.02 Å². The number of carbonyl (C=O) groups excluding carboxylic acids is 1. The summed E-state index contributed by atoms with van der Waals surface area (Å²) in [6.45, 7) is 1.27. The Morgan fingerprint density at radius 1 is 1.22 bits per heavy atom. The lowest BCUT2D eigenvalue weighted by Gasteiger charge is -2.10. The summed E-state index contributed by atoms with van der Waals surface area (Å²) < 4.78 is 5.46. The summed E-state index contributed by atoms with van der Waals surface area (Å²) in [6.07, 6.45) is 2.14. The quantitative estimate of drug-likeness (QED) is 0.880. The van der Waals surface area contributed by atoms with Crippen LogP contribution in [-0.2, 0) is 4.74 Å². The van der Waals surface area contributed by atoms with Crippen LogP contribution in [-0.4, -0.2) is 35.4 Å². The van der Waals surface area contributed by atoms with E-state index in [1.807, 2.05) is 12.1 Å². The first-order chi connectivity index (χ1) is 11.2. The summed E-state index contributed by atoms with van der Waals surface area (Å²) in [5.41, 5.74) is 1.13. The molecule has 1 fully saturated rings. The van der Waals surface area contributed by atoms with Gasteiger partial charge in [-0.05, 0) is 49.2 Å². The predicted molar refractivity (Wildman–Crippen MR) is 88.1 cm³/mol. The van der Waals surface area contributed by atoms with Gasteiger partial charge in [-0.15, -0.1) is 10.2 Å². The van der Waals surface area contributed by atoms with E-state index >= 15 is 0 Å². The molecule has 2 N–H and O–H groups in total. The second-order valence-electron chi connectivity index (χ2n) is 5.28. The fourth-order valence-corrected chi connectivity index (χ4v) is 2.43. The van der Waals surface area contributed by atoms with Gasteiger partial charge in [0.2, 0.25) is 0 Å². The number of rotatable bonds is 5. The van der Waals surface area contributed by atoms with Crippen LogP contribution in [0, 0.1) is 0 Å². The number of nitrogens with zero attached hydrogens (tertiary/aromatic N) is 2. The molecule has 1 atom stereocenters. The summed E-state index contributed by atoms with van der Waals surface area (Å²) in [7, 11) is 0. The van der Waals surface area contributed by atoms with Gasteiger partial charge >= 0.3 is 0 Å². The van der Waals surface area contributed by atoms with Crippen LogP contribution >= 0.6 is 11.6 Å². The molecule has 1 aromatic heterocycles. The molecule has 1 unspecified atom stereocenters. The highest BCUT2D eigenvalue weighted by Crippen LogP contribution is 2.17. The third kappa shape index (κ3) is 4.40. The van der Waals surface area contributed by atoms with E-state index in [1.165, 1.54) is 0 Å². The van der Waals surface area contributed by atoms with Crippen LogP contribution in [0.4, 0.5) is 11.5 Å². The molecule has 120 valence electrons. The highest BCUT2D eigenvalue weighted by molar-refractivity contribution is 6.30. The fourth-order valence-electron chi connectivity index (χ4n) is 2.30. The van der Waals surface area contributed by atoms with Crippen molar-refractivity contribution in [2.75, 3.05) is 18.5 Å². The highest BCUT2D eigenvalue weighted by atomic mass is 35.5. The largest absolute Gasteiger partial charge is 0.376 e. The molecule has 7 heteroatoms. The maximum Gasteiger partial charge on any atom is 0.271 e. The molecule has 0 radical (unpaired) electrons. The van der Waals surface area contributed by atoms with E-state index in [2.05, 4.69) is 20.8 Å². The van der Waals surface area contributed by atoms with Gasteiger partial charge in [-0.2, -0.15) is 0 Å². The first kappa shape index (κ1) is 15.7. The standard InChI is InChI=1S/C16H17ClN4O2/c17-11-3-5-12(6-4-11)19-15-8-7-14(20-21-15)16(22)18-10-13-2-1-9-23-13/h3-8,13H,1-2,9-10H2,(H,18,22)(H,19,21). The lowest BCUT2D eigenvalue weighted by atomic mass is 10.2. The number of hydrogen-bond acceptors (Lipinski definition) is 5. The Morgan fingerprint density at radius 3 is 2.70 bits per heavy atom. The molecular formula is C16H17ClN4O2. The molecule has 1 saturated heterocycles. The maximum absolute atomic E-state index is 12.0. The molecule has 0 aliphatic carbocycles. The van der Waals surface area contributed by atoms with Crippen LogP contribution in [0.15, 0.2) is 36.4 Å². The van der Waals surface area contributed by atoms with Gasteiger partial charge in [0.05, 0.1) is 6.10 Å². The van der Waals surface area contributed by atoms with Crippen LogP contribution in [0.1, 0.15) is 23.3 Å². The molecule has 2 aromatic rings. The summed E-state index contributed by atoms with van der Waals surface area (Å²) in [5.74, 6) is 0.314. The summed E-state index contributed by atoms with van der Waals surface area (Å²) in [4.78, 5) is 12.0. The minimum atomic E-state index is -0.244. The van der Waals surface area contributed by atoms with E-state index in [0.29, 0.717) is 17.4 Å². The molecular weight excluding hydrogens is 316 g/mol. The van der Waals surface area contributed by atoms with Crippen molar-refractivity contribution in [2.24, 2.45) is 0 Å². The zero-order valence-corrected chi connectivity index (χ0v) is 13.2. The lowest BCUT2D eigenvalue weighted by molar-refractivity contribution is 0.0853. The average Bonchev–Trinajstić information content (AvgIpc) is 3.09. The Morgan fingerprint density at radius 2 is 2.04 bits per heavy atom. The van der Waals surface area contributed by atoms with E-state index in [4.69, 9.17) is 16.3 Å². The Kier molecular flexibility index (Phi) is 5.05. The number of carbonyl (C=O) groups is 1. The van der Waals surface area contributed by atoms with Crippen molar-refractivity contribution in [1.29, 1.82) is 0 Å². The minimum absolute atomic E-state index is 0.109. The molecule has 1 aliphatic heterocycles. The van der Waals surface area contributed by atoms with Gasteiger partial charge in [0.15, 0.2) is 11.5 Å². The topological polar surface area (TPSA) is 76.1 Å². The van der Waals surface area contributed by atoms with E-state index in [-0.39, 0.29) is 17.7 Å². The Balaban J connectivity index is 1.55. The Hall–Kier alpha value is -2.18. The molecule has 0 spiro atoms. The van der Waals surface area contributed by atoms with Crippen molar-refractivity contribution in [2.45, 2.75) is 18.9 Å². The molecule has 1 amide bonds. The maximum atomic E-state index is 12.0. The zero-order chi connectivity index (χ0) is 16.1. The molecule has 3 rings (SSSR count). The van der Waals surface area contributed by atoms with Crippen LogP contribution < -0.4 is 10.6 Å². The minimum Gasteiger partial charge on any atom is -0.376 e. The molecule has 6 nitrogen and oxygen atoms in total. The number of ether oxygens (including phenoxy) is 1. The Labute approximate surface area is 139 Å². The molecule has 0 bridgehead atoms. The van der Waals surface area contributed by atoms with Crippen molar-refractivity contribution >= 4 is 29.0 Å². The first-order valence-electron chi connectivity index (χ1n) is 7.47. The smallest absolute Gasteiger partial charge is 0.271 e. The zero-order valence-electron chi connectivity index (χ0n) is 12.5. The van der Waals surface area contributed by atoms with E-state index in [1.54, 1.807) is 24.3 Å². The number of aromatic nitrogens is 2. The van der Waals surface area contributed by atoms with E-state index in [0.717, 1.165) is 25.1 Å². The third-order valence-corrected chi connectivity index (χ3v) is 3.78. The summed E-state index contributed by atoms with van der Waals surface area (Å²) in [6, 6.07) is 10.6. The van der Waals surface area contributed by atoms with E-state index < -0.39 is 0 Å². The van der Waals surface area contributed by atoms with Crippen LogP contribution in [0.3, 0.4) is 0 Å². The van der Waals surface area contributed by atoms with Gasteiger partial charge in [-0.3, -0.25) is 4.79 Å². The number of anilines is 2. The Bertz CT molecular complexity index is 655. The average molecular weight is 333 g/mol. The van der Waals surface area contributed by atoms with Gasteiger partial charge in [0, 0.05) is 23.9 Å². The second kappa shape index (κ2) is 7.39. The highest BCUT2D eigenvalue weighted by Gasteiger charge is 2.17. The van der Waals surface area contributed by atoms with Crippen molar-refractivity contribution in [3.05, 3.63) is 47.1 Å². The number of benzene rings is 1. The monoisotopic (exact) mass is 332 g/mol. The number of nitrogens with one attached hydrogen (secondary N) is 2. The SMILES string of the molecule is O=C(NCC1CCCO1)c1ccc(Nc2ccc(Cl)cc2)nn1. The second-order valence-corrected chi connectivity index (χ2v) is 5.72. The van der Waals surface area contributed by atoms with Crippen molar-refractivity contribution in [3.8, 4) is 0 Å².